The van der Waals surface area contributed by atoms with Gasteiger partial charge < -0.3 is 10.0 Å². The molecule has 0 radical (unpaired) electrons. The summed E-state index contributed by atoms with van der Waals surface area (Å²) in [5.41, 5.74) is 0. The minimum atomic E-state index is -0.157. The number of hydrogen-bond acceptors (Lipinski definition) is 3. The molecule has 0 aliphatic carbocycles. The van der Waals surface area contributed by atoms with Gasteiger partial charge in [-0.05, 0) is 19.4 Å². The highest BCUT2D eigenvalue weighted by Gasteiger charge is 2.34. The fraction of sp³-hybridized carbons (Fsp3) is 0.900. The second-order valence-electron chi connectivity index (χ2n) is 4.37. The molecule has 4 heteroatoms. The van der Waals surface area contributed by atoms with Crippen LogP contribution in [0.15, 0.2) is 0 Å². The summed E-state index contributed by atoms with van der Waals surface area (Å²) in [5, 5.41) is 9.50. The van der Waals surface area contributed by atoms with Gasteiger partial charge in [-0.15, -0.1) is 0 Å². The summed E-state index contributed by atoms with van der Waals surface area (Å²) in [6.07, 6.45) is 1.85. The number of amides is 1. The molecular weight excluding hydrogens is 180 g/mol. The van der Waals surface area contributed by atoms with Gasteiger partial charge in [-0.25, -0.2) is 0 Å². The van der Waals surface area contributed by atoms with Gasteiger partial charge in [0, 0.05) is 32.6 Å². The fourth-order valence-electron chi connectivity index (χ4n) is 2.26. The molecule has 0 aromatic carbocycles. The number of likely N-dealkylation sites (tertiary alicyclic amines) is 2. The van der Waals surface area contributed by atoms with Crippen LogP contribution in [-0.4, -0.2) is 59.1 Å². The van der Waals surface area contributed by atoms with E-state index < -0.39 is 0 Å². The summed E-state index contributed by atoms with van der Waals surface area (Å²) in [5.74, 6) is 0.166. The number of rotatable bonds is 1. The summed E-state index contributed by atoms with van der Waals surface area (Å²) in [6, 6.07) is 0.494. The molecule has 1 atom stereocenters. The molecule has 0 spiro atoms. The number of hydrogen-bond donors (Lipinski definition) is 1. The normalized spacial score (nSPS) is 30.1. The second kappa shape index (κ2) is 3.87. The monoisotopic (exact) mass is 198 g/mol. The molecule has 2 saturated heterocycles. The molecule has 1 N–H and O–H groups in total. The molecule has 2 heterocycles. The van der Waals surface area contributed by atoms with Crippen LogP contribution in [0.2, 0.25) is 0 Å². The van der Waals surface area contributed by atoms with E-state index in [2.05, 4.69) is 4.90 Å². The molecule has 2 aliphatic rings. The molecule has 0 aromatic rings. The maximum absolute atomic E-state index is 11.0. The predicted molar refractivity (Wildman–Crippen MR) is 52.9 cm³/mol. The molecule has 1 amide bonds. The first-order chi connectivity index (χ1) is 6.66. The third-order valence-electron chi connectivity index (χ3n) is 3.25. The van der Waals surface area contributed by atoms with Crippen LogP contribution < -0.4 is 0 Å². The smallest absolute Gasteiger partial charge is 0.219 e. The van der Waals surface area contributed by atoms with Crippen molar-refractivity contribution in [2.75, 3.05) is 26.2 Å². The van der Waals surface area contributed by atoms with Gasteiger partial charge in [0.25, 0.3) is 0 Å². The number of β-amino-alcohol motifs (C(OH)–C–C–N with tert-alkyl or cyclic N) is 1. The molecule has 2 rings (SSSR count). The summed E-state index contributed by atoms with van der Waals surface area (Å²) < 4.78 is 0. The lowest BCUT2D eigenvalue weighted by Crippen LogP contribution is -2.62. The minimum absolute atomic E-state index is 0.157. The van der Waals surface area contributed by atoms with Gasteiger partial charge >= 0.3 is 0 Å². The van der Waals surface area contributed by atoms with Crippen LogP contribution in [0.3, 0.4) is 0 Å². The van der Waals surface area contributed by atoms with Crippen molar-refractivity contribution in [1.82, 2.24) is 9.80 Å². The largest absolute Gasteiger partial charge is 0.392 e. The van der Waals surface area contributed by atoms with Crippen molar-refractivity contribution in [1.29, 1.82) is 0 Å². The Kier molecular flexibility index (Phi) is 2.74. The number of piperidine rings is 1. The van der Waals surface area contributed by atoms with Crippen LogP contribution in [0.25, 0.3) is 0 Å². The molecule has 1 unspecified atom stereocenters. The molecule has 2 aliphatic heterocycles. The quantitative estimate of drug-likeness (QED) is 0.627. The van der Waals surface area contributed by atoms with E-state index >= 15 is 0 Å². The molecule has 0 saturated carbocycles. The molecule has 4 nitrogen and oxygen atoms in total. The third kappa shape index (κ3) is 1.91. The van der Waals surface area contributed by atoms with Gasteiger partial charge in [0.1, 0.15) is 0 Å². The van der Waals surface area contributed by atoms with E-state index in [0.717, 1.165) is 39.0 Å². The van der Waals surface area contributed by atoms with Gasteiger partial charge in [-0.2, -0.15) is 0 Å². The number of aliphatic hydroxyl groups is 1. The summed E-state index contributed by atoms with van der Waals surface area (Å²) in [6.45, 7) is 5.18. The average Bonchev–Trinajstić information content (AvgIpc) is 2.00. The van der Waals surface area contributed by atoms with Crippen molar-refractivity contribution in [2.24, 2.45) is 0 Å². The zero-order valence-corrected chi connectivity index (χ0v) is 8.65. The molecule has 0 bridgehead atoms. The van der Waals surface area contributed by atoms with E-state index in [1.54, 1.807) is 6.92 Å². The van der Waals surface area contributed by atoms with E-state index in [0.29, 0.717) is 6.04 Å². The van der Waals surface area contributed by atoms with E-state index in [1.165, 1.54) is 0 Å². The van der Waals surface area contributed by atoms with Crippen LogP contribution >= 0.6 is 0 Å². The van der Waals surface area contributed by atoms with Crippen molar-refractivity contribution in [3.05, 3.63) is 0 Å². The predicted octanol–water partition coefficient (Wildman–Crippen LogP) is -0.326. The number of carbonyl (C=O) groups is 1. The van der Waals surface area contributed by atoms with Crippen molar-refractivity contribution in [3.8, 4) is 0 Å². The number of aliphatic hydroxyl groups excluding tert-OH is 1. The second-order valence-corrected chi connectivity index (χ2v) is 4.37. The first-order valence-corrected chi connectivity index (χ1v) is 5.34. The lowest BCUT2D eigenvalue weighted by Gasteiger charge is -2.47. The van der Waals surface area contributed by atoms with Crippen LogP contribution in [0.1, 0.15) is 19.8 Å². The zero-order chi connectivity index (χ0) is 10.1. The average molecular weight is 198 g/mol. The molecule has 80 valence electrons. The topological polar surface area (TPSA) is 43.8 Å². The van der Waals surface area contributed by atoms with E-state index in [-0.39, 0.29) is 12.0 Å². The Morgan fingerprint density at radius 2 is 2.07 bits per heavy atom. The first-order valence-electron chi connectivity index (χ1n) is 5.34. The third-order valence-corrected chi connectivity index (χ3v) is 3.25. The van der Waals surface area contributed by atoms with Crippen molar-refractivity contribution in [3.63, 3.8) is 0 Å². The Hall–Kier alpha value is -0.610. The van der Waals surface area contributed by atoms with E-state index in [4.69, 9.17) is 0 Å². The van der Waals surface area contributed by atoms with Gasteiger partial charge in [0.05, 0.1) is 6.10 Å². The highest BCUT2D eigenvalue weighted by molar-refractivity contribution is 5.74. The van der Waals surface area contributed by atoms with Crippen LogP contribution in [-0.2, 0) is 4.79 Å². The first kappa shape index (κ1) is 9.93. The molecule has 14 heavy (non-hydrogen) atoms. The Labute approximate surface area is 84.5 Å². The summed E-state index contributed by atoms with van der Waals surface area (Å²) >= 11 is 0. The van der Waals surface area contributed by atoms with Crippen molar-refractivity contribution in [2.45, 2.75) is 31.9 Å². The van der Waals surface area contributed by atoms with Gasteiger partial charge in [-0.3, -0.25) is 9.69 Å². The summed E-state index contributed by atoms with van der Waals surface area (Å²) in [4.78, 5) is 15.1. The standard InChI is InChI=1S/C10H18N2O2/c1-8(13)12-5-9(6-12)11-4-2-3-10(14)7-11/h9-10,14H,2-7H2,1H3. The molecule has 2 fully saturated rings. The molecular formula is C10H18N2O2. The van der Waals surface area contributed by atoms with Crippen LogP contribution in [0.4, 0.5) is 0 Å². The number of carbonyl (C=O) groups excluding carboxylic acids is 1. The SMILES string of the molecule is CC(=O)N1CC(N2CCCC(O)C2)C1. The number of nitrogens with zero attached hydrogens (tertiary/aromatic N) is 2. The zero-order valence-electron chi connectivity index (χ0n) is 8.65. The minimum Gasteiger partial charge on any atom is -0.392 e. The van der Waals surface area contributed by atoms with E-state index in [9.17, 15) is 9.90 Å². The van der Waals surface area contributed by atoms with Crippen molar-refractivity contribution < 1.29 is 9.90 Å². The Morgan fingerprint density at radius 3 is 2.64 bits per heavy atom. The lowest BCUT2D eigenvalue weighted by atomic mass is 10.0. The maximum Gasteiger partial charge on any atom is 0.219 e. The Morgan fingerprint density at radius 1 is 1.36 bits per heavy atom. The lowest BCUT2D eigenvalue weighted by molar-refractivity contribution is -0.137. The van der Waals surface area contributed by atoms with Gasteiger partial charge in [0.2, 0.25) is 5.91 Å². The molecule has 0 aromatic heterocycles. The van der Waals surface area contributed by atoms with Crippen LogP contribution in [0, 0.1) is 0 Å². The van der Waals surface area contributed by atoms with E-state index in [1.807, 2.05) is 4.90 Å². The highest BCUT2D eigenvalue weighted by Crippen LogP contribution is 2.19. The Balaban J connectivity index is 1.78. The Bertz CT molecular complexity index is 226. The fourth-order valence-corrected chi connectivity index (χ4v) is 2.26. The van der Waals surface area contributed by atoms with Crippen LogP contribution in [0.5, 0.6) is 0 Å². The summed E-state index contributed by atoms with van der Waals surface area (Å²) in [7, 11) is 0. The van der Waals surface area contributed by atoms with Gasteiger partial charge in [-0.1, -0.05) is 0 Å². The maximum atomic E-state index is 11.0. The van der Waals surface area contributed by atoms with Gasteiger partial charge in [0.15, 0.2) is 0 Å². The highest BCUT2D eigenvalue weighted by atomic mass is 16.3. The van der Waals surface area contributed by atoms with Crippen molar-refractivity contribution >= 4 is 5.91 Å².